The first-order valence-corrected chi connectivity index (χ1v) is 10.3. The standard InChI is InChI=1S/C17H21N5O3S2/c1-11-8-22(9-12(2)25-11)14(23)10-26-17-21-20-16(27-17)19-15(24)18-13-6-4-3-5-7-13/h3-7,11-12H,8-10H2,1-2H3,(H2,18,19,20,24). The zero-order chi connectivity index (χ0) is 19.2. The van der Waals surface area contributed by atoms with E-state index in [1.54, 1.807) is 12.1 Å². The summed E-state index contributed by atoms with van der Waals surface area (Å²) < 4.78 is 6.28. The Morgan fingerprint density at radius 2 is 1.89 bits per heavy atom. The van der Waals surface area contributed by atoms with Gasteiger partial charge in [-0.2, -0.15) is 0 Å². The summed E-state index contributed by atoms with van der Waals surface area (Å²) in [5.74, 6) is 0.332. The molecule has 1 aliphatic rings. The molecule has 10 heteroatoms. The zero-order valence-electron chi connectivity index (χ0n) is 15.0. The Bertz CT molecular complexity index is 776. The third-order valence-corrected chi connectivity index (χ3v) is 5.71. The third kappa shape index (κ3) is 5.91. The van der Waals surface area contributed by atoms with Crippen molar-refractivity contribution in [3.8, 4) is 0 Å². The number of thioether (sulfide) groups is 1. The van der Waals surface area contributed by atoms with Gasteiger partial charge in [0.1, 0.15) is 0 Å². The molecule has 3 amide bonds. The summed E-state index contributed by atoms with van der Waals surface area (Å²) in [6.45, 7) is 5.14. The van der Waals surface area contributed by atoms with Crippen LogP contribution in [0.2, 0.25) is 0 Å². The molecular weight excluding hydrogens is 386 g/mol. The molecular formula is C17H21N5O3S2. The quantitative estimate of drug-likeness (QED) is 0.584. The molecule has 0 spiro atoms. The lowest BCUT2D eigenvalue weighted by molar-refractivity contribution is -0.140. The molecule has 2 N–H and O–H groups in total. The van der Waals surface area contributed by atoms with E-state index in [2.05, 4.69) is 20.8 Å². The van der Waals surface area contributed by atoms with E-state index in [-0.39, 0.29) is 29.9 Å². The van der Waals surface area contributed by atoms with E-state index in [4.69, 9.17) is 4.74 Å². The number of ether oxygens (including phenoxy) is 1. The van der Waals surface area contributed by atoms with Crippen molar-refractivity contribution in [3.63, 3.8) is 0 Å². The van der Waals surface area contributed by atoms with E-state index in [0.717, 1.165) is 0 Å². The van der Waals surface area contributed by atoms with Crippen LogP contribution in [-0.2, 0) is 9.53 Å². The highest BCUT2D eigenvalue weighted by atomic mass is 32.2. The van der Waals surface area contributed by atoms with Crippen LogP contribution in [0, 0.1) is 0 Å². The van der Waals surface area contributed by atoms with Gasteiger partial charge in [0.2, 0.25) is 11.0 Å². The molecule has 0 bridgehead atoms. The summed E-state index contributed by atoms with van der Waals surface area (Å²) in [6.07, 6.45) is 0.0892. The van der Waals surface area contributed by atoms with Crippen molar-refractivity contribution in [2.75, 3.05) is 29.5 Å². The van der Waals surface area contributed by atoms with E-state index in [0.29, 0.717) is 28.2 Å². The largest absolute Gasteiger partial charge is 0.372 e. The molecule has 2 heterocycles. The number of para-hydroxylation sites is 1. The van der Waals surface area contributed by atoms with Crippen LogP contribution in [-0.4, -0.2) is 58.1 Å². The second-order valence-electron chi connectivity index (χ2n) is 6.16. The SMILES string of the molecule is CC1CN(C(=O)CSc2nnc(NC(=O)Nc3ccccc3)s2)CC(C)O1. The third-order valence-electron chi connectivity index (χ3n) is 3.75. The minimum atomic E-state index is -0.388. The number of anilines is 2. The van der Waals surface area contributed by atoms with Crippen LogP contribution in [0.3, 0.4) is 0 Å². The normalized spacial score (nSPS) is 19.6. The molecule has 144 valence electrons. The molecule has 1 aromatic carbocycles. The van der Waals surface area contributed by atoms with Crippen molar-refractivity contribution in [2.45, 2.75) is 30.4 Å². The Labute approximate surface area is 165 Å². The van der Waals surface area contributed by atoms with Crippen molar-refractivity contribution in [1.82, 2.24) is 15.1 Å². The van der Waals surface area contributed by atoms with Gasteiger partial charge < -0.3 is 15.0 Å². The molecule has 3 rings (SSSR count). The fourth-order valence-corrected chi connectivity index (χ4v) is 4.35. The van der Waals surface area contributed by atoms with Gasteiger partial charge in [-0.25, -0.2) is 4.79 Å². The molecule has 1 fully saturated rings. The van der Waals surface area contributed by atoms with Crippen LogP contribution >= 0.6 is 23.1 Å². The number of morpholine rings is 1. The minimum absolute atomic E-state index is 0.0446. The van der Waals surface area contributed by atoms with Crippen LogP contribution in [0.25, 0.3) is 0 Å². The maximum Gasteiger partial charge on any atom is 0.325 e. The highest BCUT2D eigenvalue weighted by Gasteiger charge is 2.26. The van der Waals surface area contributed by atoms with Crippen molar-refractivity contribution >= 4 is 45.9 Å². The number of benzene rings is 1. The average Bonchev–Trinajstić information content (AvgIpc) is 3.07. The molecule has 27 heavy (non-hydrogen) atoms. The van der Waals surface area contributed by atoms with E-state index in [9.17, 15) is 9.59 Å². The average molecular weight is 408 g/mol. The summed E-state index contributed by atoms with van der Waals surface area (Å²) in [4.78, 5) is 26.2. The van der Waals surface area contributed by atoms with Crippen LogP contribution in [0.15, 0.2) is 34.7 Å². The number of hydrogen-bond acceptors (Lipinski definition) is 7. The first-order chi connectivity index (χ1) is 13.0. The summed E-state index contributed by atoms with van der Waals surface area (Å²) in [5.41, 5.74) is 0.689. The monoisotopic (exact) mass is 407 g/mol. The van der Waals surface area contributed by atoms with Gasteiger partial charge in [0, 0.05) is 18.8 Å². The summed E-state index contributed by atoms with van der Waals surface area (Å²) >= 11 is 2.55. The number of amides is 3. The van der Waals surface area contributed by atoms with E-state index in [1.165, 1.54) is 23.1 Å². The summed E-state index contributed by atoms with van der Waals surface area (Å²) in [5, 5.41) is 13.7. The molecule has 0 radical (unpaired) electrons. The topological polar surface area (TPSA) is 96.5 Å². The van der Waals surface area contributed by atoms with Gasteiger partial charge in [0.05, 0.1) is 18.0 Å². The summed E-state index contributed by atoms with van der Waals surface area (Å²) in [6, 6.07) is 8.74. The molecule has 0 saturated carbocycles. The number of carbonyl (C=O) groups is 2. The Hall–Kier alpha value is -2.17. The first kappa shape index (κ1) is 19.6. The second-order valence-corrected chi connectivity index (χ2v) is 8.36. The number of hydrogen-bond donors (Lipinski definition) is 2. The minimum Gasteiger partial charge on any atom is -0.372 e. The summed E-state index contributed by atoms with van der Waals surface area (Å²) in [7, 11) is 0. The highest BCUT2D eigenvalue weighted by Crippen LogP contribution is 2.26. The fourth-order valence-electron chi connectivity index (χ4n) is 2.70. The molecule has 2 atom stereocenters. The molecule has 2 unspecified atom stereocenters. The van der Waals surface area contributed by atoms with Crippen LogP contribution in [0.1, 0.15) is 13.8 Å². The number of nitrogens with one attached hydrogen (secondary N) is 2. The molecule has 2 aromatic rings. The number of carbonyl (C=O) groups excluding carboxylic acids is 2. The smallest absolute Gasteiger partial charge is 0.325 e. The predicted octanol–water partition coefficient (Wildman–Crippen LogP) is 2.91. The van der Waals surface area contributed by atoms with Gasteiger partial charge in [0.25, 0.3) is 0 Å². The van der Waals surface area contributed by atoms with E-state index in [1.807, 2.05) is 36.9 Å². The van der Waals surface area contributed by atoms with Gasteiger partial charge in [-0.1, -0.05) is 41.3 Å². The van der Waals surface area contributed by atoms with Crippen LogP contribution in [0.4, 0.5) is 15.6 Å². The van der Waals surface area contributed by atoms with Crippen molar-refractivity contribution in [1.29, 1.82) is 0 Å². The second kappa shape index (κ2) is 9.16. The number of aromatic nitrogens is 2. The lowest BCUT2D eigenvalue weighted by Crippen LogP contribution is -2.48. The van der Waals surface area contributed by atoms with Gasteiger partial charge in [-0.15, -0.1) is 10.2 Å². The van der Waals surface area contributed by atoms with Crippen LogP contribution < -0.4 is 10.6 Å². The Morgan fingerprint density at radius 3 is 2.59 bits per heavy atom. The molecule has 0 aliphatic carbocycles. The van der Waals surface area contributed by atoms with Crippen molar-refractivity contribution in [3.05, 3.63) is 30.3 Å². The lowest BCUT2D eigenvalue weighted by atomic mass is 10.2. The van der Waals surface area contributed by atoms with Gasteiger partial charge >= 0.3 is 6.03 Å². The fraction of sp³-hybridized carbons (Fsp3) is 0.412. The van der Waals surface area contributed by atoms with Gasteiger partial charge in [0.15, 0.2) is 4.34 Å². The van der Waals surface area contributed by atoms with Crippen molar-refractivity contribution < 1.29 is 14.3 Å². The molecule has 1 aromatic heterocycles. The molecule has 1 aliphatic heterocycles. The van der Waals surface area contributed by atoms with Crippen molar-refractivity contribution in [2.24, 2.45) is 0 Å². The Balaban J connectivity index is 1.46. The number of urea groups is 1. The Morgan fingerprint density at radius 1 is 1.19 bits per heavy atom. The number of rotatable bonds is 5. The van der Waals surface area contributed by atoms with E-state index < -0.39 is 0 Å². The lowest BCUT2D eigenvalue weighted by Gasteiger charge is -2.35. The maximum atomic E-state index is 12.4. The number of nitrogens with zero attached hydrogens (tertiary/aromatic N) is 3. The van der Waals surface area contributed by atoms with Gasteiger partial charge in [-0.3, -0.25) is 10.1 Å². The van der Waals surface area contributed by atoms with Gasteiger partial charge in [-0.05, 0) is 26.0 Å². The first-order valence-electron chi connectivity index (χ1n) is 8.52. The maximum absolute atomic E-state index is 12.4. The van der Waals surface area contributed by atoms with Crippen LogP contribution in [0.5, 0.6) is 0 Å². The molecule has 1 saturated heterocycles. The Kier molecular flexibility index (Phi) is 6.64. The molecule has 8 nitrogen and oxygen atoms in total. The van der Waals surface area contributed by atoms with E-state index >= 15 is 0 Å². The zero-order valence-corrected chi connectivity index (χ0v) is 16.7. The highest BCUT2D eigenvalue weighted by molar-refractivity contribution is 8.01. The predicted molar refractivity (Wildman–Crippen MR) is 106 cm³/mol.